The van der Waals surface area contributed by atoms with Crippen molar-refractivity contribution in [2.24, 2.45) is 13.0 Å². The average Bonchev–Trinajstić information content (AvgIpc) is 3.02. The van der Waals surface area contributed by atoms with Gasteiger partial charge in [0.25, 0.3) is 0 Å². The van der Waals surface area contributed by atoms with Gasteiger partial charge in [-0.05, 0) is 18.9 Å². The quantitative estimate of drug-likeness (QED) is 0.890. The Balaban J connectivity index is 1.59. The number of hydrogen-bond acceptors (Lipinski definition) is 4. The molecule has 0 spiro atoms. The van der Waals surface area contributed by atoms with E-state index in [1.54, 1.807) is 7.11 Å². The topological polar surface area (TPSA) is 48.3 Å². The van der Waals surface area contributed by atoms with Gasteiger partial charge in [0.15, 0.2) is 0 Å². The van der Waals surface area contributed by atoms with Gasteiger partial charge in [0.1, 0.15) is 5.75 Å². The smallest absolute Gasteiger partial charge is 0.123 e. The molecule has 1 saturated heterocycles. The van der Waals surface area contributed by atoms with Crippen molar-refractivity contribution in [2.45, 2.75) is 25.5 Å². The second-order valence-corrected chi connectivity index (χ2v) is 6.08. The normalized spacial score (nSPS) is 21.3. The molecule has 0 amide bonds. The van der Waals surface area contributed by atoms with Crippen molar-refractivity contribution >= 4 is 0 Å². The molecule has 1 aromatic heterocycles. The highest BCUT2D eigenvalue weighted by Crippen LogP contribution is 2.33. The molecule has 1 aliphatic rings. The molecule has 0 radical (unpaired) electrons. The Kier molecular flexibility index (Phi) is 5.31. The number of hydrogen-bond donors (Lipinski definition) is 1. The van der Waals surface area contributed by atoms with Gasteiger partial charge < -0.3 is 14.8 Å². The molecule has 1 aromatic carbocycles. The molecular formula is C18H25N3O2. The largest absolute Gasteiger partial charge is 0.496 e. The molecule has 2 atom stereocenters. The maximum absolute atomic E-state index is 6.02. The molecule has 124 valence electrons. The van der Waals surface area contributed by atoms with Crippen LogP contribution in [-0.2, 0) is 18.3 Å². The van der Waals surface area contributed by atoms with Crippen molar-refractivity contribution in [3.63, 3.8) is 0 Å². The zero-order chi connectivity index (χ0) is 16.1. The molecule has 1 aliphatic heterocycles. The fourth-order valence-corrected chi connectivity index (χ4v) is 3.25. The standard InChI is InChI=1S/C18H25N3O2/c1-21-13-16(12-20-21)18-15(7-5-9-23-18)11-19-10-14-6-3-4-8-17(14)22-2/h3-4,6,8,12-13,15,18-19H,5,7,9-11H2,1-2H3/t15-,18+/m0/s1. The van der Waals surface area contributed by atoms with Crippen LogP contribution in [-0.4, -0.2) is 30.0 Å². The molecule has 1 fully saturated rings. The summed E-state index contributed by atoms with van der Waals surface area (Å²) in [6.45, 7) is 2.57. The van der Waals surface area contributed by atoms with Crippen LogP contribution in [0.2, 0.25) is 0 Å². The van der Waals surface area contributed by atoms with Crippen molar-refractivity contribution in [1.82, 2.24) is 15.1 Å². The summed E-state index contributed by atoms with van der Waals surface area (Å²) in [7, 11) is 3.66. The number of aryl methyl sites for hydroxylation is 1. The number of nitrogens with zero attached hydrogens (tertiary/aromatic N) is 2. The van der Waals surface area contributed by atoms with Crippen molar-refractivity contribution in [2.75, 3.05) is 20.3 Å². The van der Waals surface area contributed by atoms with Crippen LogP contribution < -0.4 is 10.1 Å². The van der Waals surface area contributed by atoms with E-state index in [9.17, 15) is 0 Å². The lowest BCUT2D eigenvalue weighted by Crippen LogP contribution is -2.31. The van der Waals surface area contributed by atoms with Crippen LogP contribution in [0.4, 0.5) is 0 Å². The number of aromatic nitrogens is 2. The van der Waals surface area contributed by atoms with Crippen LogP contribution in [0.5, 0.6) is 5.75 Å². The molecule has 23 heavy (non-hydrogen) atoms. The second kappa shape index (κ2) is 7.62. The summed E-state index contributed by atoms with van der Waals surface area (Å²) >= 11 is 0. The monoisotopic (exact) mass is 315 g/mol. The Hall–Kier alpha value is -1.85. The third-order valence-corrected chi connectivity index (χ3v) is 4.41. The van der Waals surface area contributed by atoms with E-state index in [0.29, 0.717) is 5.92 Å². The minimum absolute atomic E-state index is 0.141. The molecule has 0 saturated carbocycles. The SMILES string of the molecule is COc1ccccc1CNC[C@@H]1CCCO[C@H]1c1cnn(C)c1. The summed E-state index contributed by atoms with van der Waals surface area (Å²) in [5.41, 5.74) is 2.36. The molecule has 3 rings (SSSR count). The summed E-state index contributed by atoms with van der Waals surface area (Å²) in [5, 5.41) is 7.84. The van der Waals surface area contributed by atoms with Crippen LogP contribution in [0.25, 0.3) is 0 Å². The first-order valence-corrected chi connectivity index (χ1v) is 8.20. The molecule has 2 heterocycles. The van der Waals surface area contributed by atoms with Crippen LogP contribution in [0.3, 0.4) is 0 Å². The molecule has 5 heteroatoms. The fraction of sp³-hybridized carbons (Fsp3) is 0.500. The number of para-hydroxylation sites is 1. The van der Waals surface area contributed by atoms with E-state index in [0.717, 1.165) is 31.9 Å². The summed E-state index contributed by atoms with van der Waals surface area (Å²) < 4.78 is 13.3. The van der Waals surface area contributed by atoms with E-state index < -0.39 is 0 Å². The van der Waals surface area contributed by atoms with E-state index in [4.69, 9.17) is 9.47 Å². The molecular weight excluding hydrogens is 290 g/mol. The summed E-state index contributed by atoms with van der Waals surface area (Å²) in [5.74, 6) is 1.41. The zero-order valence-corrected chi connectivity index (χ0v) is 13.9. The Labute approximate surface area is 137 Å². The van der Waals surface area contributed by atoms with E-state index in [2.05, 4.69) is 22.7 Å². The minimum Gasteiger partial charge on any atom is -0.496 e. The number of methoxy groups -OCH3 is 1. The lowest BCUT2D eigenvalue weighted by atomic mass is 9.91. The van der Waals surface area contributed by atoms with Gasteiger partial charge in [0.05, 0.1) is 19.4 Å². The zero-order valence-electron chi connectivity index (χ0n) is 13.9. The summed E-state index contributed by atoms with van der Waals surface area (Å²) in [6.07, 6.45) is 6.42. The highest BCUT2D eigenvalue weighted by Gasteiger charge is 2.28. The number of benzene rings is 1. The number of rotatable bonds is 6. The van der Waals surface area contributed by atoms with Crippen molar-refractivity contribution < 1.29 is 9.47 Å². The highest BCUT2D eigenvalue weighted by atomic mass is 16.5. The van der Waals surface area contributed by atoms with Crippen LogP contribution in [0.15, 0.2) is 36.7 Å². The van der Waals surface area contributed by atoms with Crippen molar-refractivity contribution in [3.8, 4) is 5.75 Å². The van der Waals surface area contributed by atoms with Crippen LogP contribution in [0, 0.1) is 5.92 Å². The van der Waals surface area contributed by atoms with Gasteiger partial charge in [0, 0.05) is 50.0 Å². The lowest BCUT2D eigenvalue weighted by Gasteiger charge is -2.31. The molecule has 0 unspecified atom stereocenters. The average molecular weight is 315 g/mol. The minimum atomic E-state index is 0.141. The van der Waals surface area contributed by atoms with E-state index in [1.807, 2.05) is 36.1 Å². The summed E-state index contributed by atoms with van der Waals surface area (Å²) in [4.78, 5) is 0. The first-order valence-electron chi connectivity index (χ1n) is 8.20. The second-order valence-electron chi connectivity index (χ2n) is 6.08. The van der Waals surface area contributed by atoms with Crippen molar-refractivity contribution in [3.05, 3.63) is 47.8 Å². The first-order chi connectivity index (χ1) is 11.3. The molecule has 0 aliphatic carbocycles. The van der Waals surface area contributed by atoms with Gasteiger partial charge >= 0.3 is 0 Å². The Bertz CT molecular complexity index is 626. The lowest BCUT2D eigenvalue weighted by molar-refractivity contribution is -0.0279. The van der Waals surface area contributed by atoms with Crippen LogP contribution >= 0.6 is 0 Å². The molecule has 0 bridgehead atoms. The third kappa shape index (κ3) is 3.92. The maximum atomic E-state index is 6.02. The number of nitrogens with one attached hydrogen (secondary N) is 1. The highest BCUT2D eigenvalue weighted by molar-refractivity contribution is 5.32. The Morgan fingerprint density at radius 1 is 1.39 bits per heavy atom. The predicted octanol–water partition coefficient (Wildman–Crippen LogP) is 2.69. The van der Waals surface area contributed by atoms with Gasteiger partial charge in [0.2, 0.25) is 0 Å². The fourth-order valence-electron chi connectivity index (χ4n) is 3.25. The summed E-state index contributed by atoms with van der Waals surface area (Å²) in [6, 6.07) is 8.14. The number of ether oxygens (including phenoxy) is 2. The Morgan fingerprint density at radius 2 is 2.26 bits per heavy atom. The van der Waals surface area contributed by atoms with Crippen LogP contribution in [0.1, 0.15) is 30.1 Å². The Morgan fingerprint density at radius 3 is 3.04 bits per heavy atom. The maximum Gasteiger partial charge on any atom is 0.123 e. The van der Waals surface area contributed by atoms with E-state index in [-0.39, 0.29) is 6.10 Å². The molecule has 1 N–H and O–H groups in total. The van der Waals surface area contributed by atoms with Crippen molar-refractivity contribution in [1.29, 1.82) is 0 Å². The molecule has 2 aromatic rings. The molecule has 5 nitrogen and oxygen atoms in total. The van der Waals surface area contributed by atoms with Gasteiger partial charge in [-0.3, -0.25) is 4.68 Å². The predicted molar refractivity (Wildman–Crippen MR) is 89.3 cm³/mol. The van der Waals surface area contributed by atoms with E-state index >= 15 is 0 Å². The van der Waals surface area contributed by atoms with Gasteiger partial charge in [-0.2, -0.15) is 5.10 Å². The van der Waals surface area contributed by atoms with Gasteiger partial charge in [-0.1, -0.05) is 18.2 Å². The van der Waals surface area contributed by atoms with E-state index in [1.165, 1.54) is 17.5 Å². The first kappa shape index (κ1) is 16.0. The third-order valence-electron chi connectivity index (χ3n) is 4.41. The van der Waals surface area contributed by atoms with Gasteiger partial charge in [-0.15, -0.1) is 0 Å². The van der Waals surface area contributed by atoms with Gasteiger partial charge in [-0.25, -0.2) is 0 Å².